The number of ether oxygens (including phenoxy) is 1. The second-order valence-corrected chi connectivity index (χ2v) is 10.0. The van der Waals surface area contributed by atoms with E-state index in [1.54, 1.807) is 12.1 Å². The first-order chi connectivity index (χ1) is 12.7. The van der Waals surface area contributed by atoms with E-state index in [9.17, 15) is 14.4 Å². The van der Waals surface area contributed by atoms with Crippen molar-refractivity contribution >= 4 is 41.3 Å². The van der Waals surface area contributed by atoms with Crippen LogP contribution in [-0.4, -0.2) is 59.9 Å². The summed E-state index contributed by atoms with van der Waals surface area (Å²) in [5.74, 6) is 1.05. The molecule has 2 amide bonds. The third-order valence-electron chi connectivity index (χ3n) is 3.69. The first-order valence-electron chi connectivity index (χ1n) is 8.71. The number of likely N-dealkylation sites (N-methyl/N-ethyl adjacent to an activating group) is 1. The van der Waals surface area contributed by atoms with Crippen LogP contribution in [0.3, 0.4) is 0 Å². The molecule has 1 fully saturated rings. The molecule has 148 valence electrons. The van der Waals surface area contributed by atoms with Gasteiger partial charge in [-0.3, -0.25) is 9.59 Å². The van der Waals surface area contributed by atoms with Gasteiger partial charge in [-0.05, 0) is 38.5 Å². The SMILES string of the molecule is CN(CC(=O)NC(C)(C)C)C(=O)COC(=O)c1ccc(C2SCCS2)cc1. The predicted molar refractivity (Wildman–Crippen MR) is 110 cm³/mol. The maximum absolute atomic E-state index is 12.1. The monoisotopic (exact) mass is 410 g/mol. The number of esters is 1. The largest absolute Gasteiger partial charge is 0.452 e. The van der Waals surface area contributed by atoms with E-state index in [0.717, 1.165) is 11.5 Å². The van der Waals surface area contributed by atoms with E-state index in [0.29, 0.717) is 10.1 Å². The minimum absolute atomic E-state index is 0.0843. The number of carbonyl (C=O) groups is 3. The number of benzene rings is 1. The van der Waals surface area contributed by atoms with Gasteiger partial charge in [-0.1, -0.05) is 12.1 Å². The summed E-state index contributed by atoms with van der Waals surface area (Å²) >= 11 is 3.80. The maximum atomic E-state index is 12.1. The molecule has 1 heterocycles. The van der Waals surface area contributed by atoms with Gasteiger partial charge in [-0.25, -0.2) is 4.79 Å². The lowest BCUT2D eigenvalue weighted by molar-refractivity contribution is -0.137. The zero-order chi connectivity index (χ0) is 20.0. The second kappa shape index (κ2) is 9.50. The zero-order valence-electron chi connectivity index (χ0n) is 16.1. The van der Waals surface area contributed by atoms with Crippen LogP contribution in [0.25, 0.3) is 0 Å². The third-order valence-corrected chi connectivity index (χ3v) is 6.79. The third kappa shape index (κ3) is 7.10. The van der Waals surface area contributed by atoms with E-state index in [4.69, 9.17) is 4.74 Å². The van der Waals surface area contributed by atoms with Gasteiger partial charge in [-0.2, -0.15) is 0 Å². The molecule has 1 aromatic carbocycles. The highest BCUT2D eigenvalue weighted by Gasteiger charge is 2.20. The molecular weight excluding hydrogens is 384 g/mol. The number of thioether (sulfide) groups is 2. The number of amides is 2. The Morgan fingerprint density at radius 2 is 1.74 bits per heavy atom. The minimum atomic E-state index is -0.547. The Bertz CT molecular complexity index is 680. The van der Waals surface area contributed by atoms with Crippen molar-refractivity contribution in [3.05, 3.63) is 35.4 Å². The molecular formula is C19H26N2O4S2. The molecule has 6 nitrogen and oxygen atoms in total. The summed E-state index contributed by atoms with van der Waals surface area (Å²) in [6.45, 7) is 5.12. The molecule has 0 aliphatic carbocycles. The molecule has 0 unspecified atom stereocenters. The van der Waals surface area contributed by atoms with Crippen LogP contribution in [0.4, 0.5) is 0 Å². The molecule has 1 saturated heterocycles. The molecule has 2 rings (SSSR count). The fourth-order valence-electron chi connectivity index (χ4n) is 2.41. The quantitative estimate of drug-likeness (QED) is 0.727. The molecule has 0 bridgehead atoms. The predicted octanol–water partition coefficient (Wildman–Crippen LogP) is 2.70. The molecule has 1 aliphatic rings. The van der Waals surface area contributed by atoms with Crippen LogP contribution in [0, 0.1) is 0 Å². The van der Waals surface area contributed by atoms with E-state index in [-0.39, 0.29) is 18.0 Å². The Hall–Kier alpha value is -1.67. The highest BCUT2D eigenvalue weighted by molar-refractivity contribution is 8.19. The molecule has 1 aromatic rings. The molecule has 0 spiro atoms. The van der Waals surface area contributed by atoms with Crippen LogP contribution in [-0.2, 0) is 14.3 Å². The van der Waals surface area contributed by atoms with Gasteiger partial charge in [0.05, 0.1) is 16.7 Å². The van der Waals surface area contributed by atoms with Crippen LogP contribution < -0.4 is 5.32 Å². The van der Waals surface area contributed by atoms with E-state index >= 15 is 0 Å². The maximum Gasteiger partial charge on any atom is 0.338 e. The molecule has 27 heavy (non-hydrogen) atoms. The normalized spacial score (nSPS) is 14.7. The summed E-state index contributed by atoms with van der Waals surface area (Å²) in [7, 11) is 1.50. The molecule has 0 aromatic heterocycles. The van der Waals surface area contributed by atoms with Gasteiger partial charge in [0, 0.05) is 24.1 Å². The first kappa shape index (κ1) is 21.6. The summed E-state index contributed by atoms with van der Waals surface area (Å²) < 4.78 is 5.51. The van der Waals surface area contributed by atoms with E-state index < -0.39 is 18.5 Å². The van der Waals surface area contributed by atoms with Crippen molar-refractivity contribution in [2.24, 2.45) is 0 Å². The fraction of sp³-hybridized carbons (Fsp3) is 0.526. The number of carbonyl (C=O) groups excluding carboxylic acids is 3. The van der Waals surface area contributed by atoms with Crippen LogP contribution in [0.1, 0.15) is 41.3 Å². The van der Waals surface area contributed by atoms with Crippen molar-refractivity contribution in [3.63, 3.8) is 0 Å². The zero-order valence-corrected chi connectivity index (χ0v) is 17.7. The molecule has 8 heteroatoms. The van der Waals surface area contributed by atoms with Gasteiger partial charge < -0.3 is 15.0 Å². The minimum Gasteiger partial charge on any atom is -0.452 e. The second-order valence-electron chi connectivity index (χ2n) is 7.32. The van der Waals surface area contributed by atoms with Gasteiger partial charge in [0.1, 0.15) is 0 Å². The van der Waals surface area contributed by atoms with Crippen molar-refractivity contribution in [3.8, 4) is 0 Å². The number of nitrogens with one attached hydrogen (secondary N) is 1. The molecule has 0 saturated carbocycles. The van der Waals surface area contributed by atoms with E-state index in [1.807, 2.05) is 56.4 Å². The lowest BCUT2D eigenvalue weighted by Crippen LogP contribution is -2.46. The summed E-state index contributed by atoms with van der Waals surface area (Å²) in [5.41, 5.74) is 1.22. The molecule has 0 atom stereocenters. The molecule has 1 aliphatic heterocycles. The fourth-order valence-corrected chi connectivity index (χ4v) is 5.27. The topological polar surface area (TPSA) is 75.7 Å². The smallest absolute Gasteiger partial charge is 0.338 e. The molecule has 0 radical (unpaired) electrons. The van der Waals surface area contributed by atoms with E-state index in [1.165, 1.54) is 17.5 Å². The highest BCUT2D eigenvalue weighted by Crippen LogP contribution is 2.45. The lowest BCUT2D eigenvalue weighted by atomic mass is 10.1. The number of hydrogen-bond acceptors (Lipinski definition) is 6. The summed E-state index contributed by atoms with van der Waals surface area (Å²) in [4.78, 5) is 37.3. The summed E-state index contributed by atoms with van der Waals surface area (Å²) in [6.07, 6.45) is 0. The number of rotatable bonds is 6. The van der Waals surface area contributed by atoms with Crippen LogP contribution in [0.5, 0.6) is 0 Å². The Labute approximate surface area is 168 Å². The standard InChI is InChI=1S/C19H26N2O4S2/c1-19(2,3)20-15(22)11-21(4)16(23)12-25-17(24)13-5-7-14(8-6-13)18-26-9-10-27-18/h5-8,18H,9-12H2,1-4H3,(H,20,22). The molecule has 1 N–H and O–H groups in total. The van der Waals surface area contributed by atoms with Gasteiger partial charge in [0.2, 0.25) is 5.91 Å². The van der Waals surface area contributed by atoms with Crippen molar-refractivity contribution in [1.29, 1.82) is 0 Å². The first-order valence-corrected chi connectivity index (χ1v) is 10.8. The highest BCUT2D eigenvalue weighted by atomic mass is 32.2. The van der Waals surface area contributed by atoms with E-state index in [2.05, 4.69) is 5.32 Å². The number of nitrogens with zero attached hydrogens (tertiary/aromatic N) is 1. The summed E-state index contributed by atoms with van der Waals surface area (Å²) in [6, 6.07) is 7.30. The average molecular weight is 411 g/mol. The Morgan fingerprint density at radius 1 is 1.15 bits per heavy atom. The van der Waals surface area contributed by atoms with Crippen LogP contribution in [0.2, 0.25) is 0 Å². The van der Waals surface area contributed by atoms with Crippen LogP contribution in [0.15, 0.2) is 24.3 Å². The Morgan fingerprint density at radius 3 is 2.30 bits per heavy atom. The van der Waals surface area contributed by atoms with Gasteiger partial charge in [0.25, 0.3) is 5.91 Å². The van der Waals surface area contributed by atoms with Gasteiger partial charge >= 0.3 is 5.97 Å². The number of hydrogen-bond donors (Lipinski definition) is 1. The van der Waals surface area contributed by atoms with Crippen molar-refractivity contribution in [2.45, 2.75) is 30.9 Å². The lowest BCUT2D eigenvalue weighted by Gasteiger charge is -2.23. The Kier molecular flexibility index (Phi) is 7.61. The summed E-state index contributed by atoms with van der Waals surface area (Å²) in [5, 5.41) is 2.78. The van der Waals surface area contributed by atoms with Gasteiger partial charge in [-0.15, -0.1) is 23.5 Å². The van der Waals surface area contributed by atoms with Crippen LogP contribution >= 0.6 is 23.5 Å². The Balaban J connectivity index is 1.80. The van der Waals surface area contributed by atoms with Crippen molar-refractivity contribution in [2.75, 3.05) is 31.7 Å². The van der Waals surface area contributed by atoms with Crippen molar-refractivity contribution < 1.29 is 19.1 Å². The van der Waals surface area contributed by atoms with Crippen molar-refractivity contribution in [1.82, 2.24) is 10.2 Å². The van der Waals surface area contributed by atoms with Gasteiger partial charge in [0.15, 0.2) is 6.61 Å². The average Bonchev–Trinajstić information content (AvgIpc) is 3.12.